The van der Waals surface area contributed by atoms with Gasteiger partial charge in [0.15, 0.2) is 0 Å². The van der Waals surface area contributed by atoms with Crippen LogP contribution in [0.25, 0.3) is 0 Å². The lowest BCUT2D eigenvalue weighted by molar-refractivity contribution is 0.0351. The molecule has 1 aliphatic rings. The van der Waals surface area contributed by atoms with Crippen molar-refractivity contribution in [2.75, 3.05) is 23.7 Å². The van der Waals surface area contributed by atoms with Crippen LogP contribution in [0, 0.1) is 5.41 Å². The van der Waals surface area contributed by atoms with E-state index in [0.29, 0.717) is 16.3 Å². The third kappa shape index (κ3) is 2.60. The average molecular weight is 268 g/mol. The van der Waals surface area contributed by atoms with Gasteiger partial charge in [-0.25, -0.2) is 0 Å². The molecular weight excluding hydrogens is 250 g/mol. The standard InChI is InChI=1S/C13H18ClN3O/c1-13(18)2-4-17(5-3-13)12-7-11(16)9(8-15)6-10(12)14/h6-8,15,18H,2-5,16H2,1H3. The van der Waals surface area contributed by atoms with Crippen molar-refractivity contribution < 1.29 is 5.11 Å². The largest absolute Gasteiger partial charge is 0.398 e. The minimum Gasteiger partial charge on any atom is -0.398 e. The van der Waals surface area contributed by atoms with Crippen LogP contribution in [0.1, 0.15) is 25.3 Å². The number of halogens is 1. The van der Waals surface area contributed by atoms with Gasteiger partial charge >= 0.3 is 0 Å². The first-order valence-electron chi connectivity index (χ1n) is 6.00. The number of rotatable bonds is 2. The lowest BCUT2D eigenvalue weighted by atomic mass is 9.93. The zero-order valence-electron chi connectivity index (χ0n) is 10.4. The molecule has 1 heterocycles. The molecule has 1 fully saturated rings. The summed E-state index contributed by atoms with van der Waals surface area (Å²) in [7, 11) is 0. The number of nitrogens with zero attached hydrogens (tertiary/aromatic N) is 1. The van der Waals surface area contributed by atoms with Gasteiger partial charge in [0.2, 0.25) is 0 Å². The Hall–Kier alpha value is -1.26. The predicted octanol–water partition coefficient (Wildman–Crippen LogP) is 2.27. The fraction of sp³-hybridized carbons (Fsp3) is 0.462. The molecule has 0 bridgehead atoms. The van der Waals surface area contributed by atoms with Crippen LogP contribution < -0.4 is 10.6 Å². The molecule has 0 aromatic heterocycles. The molecule has 0 amide bonds. The lowest BCUT2D eigenvalue weighted by Crippen LogP contribution is -2.42. The van der Waals surface area contributed by atoms with Crippen molar-refractivity contribution in [2.24, 2.45) is 0 Å². The summed E-state index contributed by atoms with van der Waals surface area (Å²) < 4.78 is 0. The molecule has 18 heavy (non-hydrogen) atoms. The summed E-state index contributed by atoms with van der Waals surface area (Å²) in [5, 5.41) is 17.8. The smallest absolute Gasteiger partial charge is 0.0653 e. The molecule has 1 aromatic rings. The van der Waals surface area contributed by atoms with Crippen LogP contribution in [0.2, 0.25) is 5.02 Å². The van der Waals surface area contributed by atoms with Crippen molar-refractivity contribution in [2.45, 2.75) is 25.4 Å². The van der Waals surface area contributed by atoms with E-state index < -0.39 is 5.60 Å². The summed E-state index contributed by atoms with van der Waals surface area (Å²) in [5.74, 6) is 0. The molecule has 0 unspecified atom stereocenters. The highest BCUT2D eigenvalue weighted by Gasteiger charge is 2.28. The fourth-order valence-electron chi connectivity index (χ4n) is 2.19. The molecule has 0 spiro atoms. The van der Waals surface area contributed by atoms with Gasteiger partial charge in [0.05, 0.1) is 16.3 Å². The van der Waals surface area contributed by atoms with Crippen molar-refractivity contribution in [3.05, 3.63) is 22.7 Å². The first kappa shape index (κ1) is 13.2. The van der Waals surface area contributed by atoms with Gasteiger partial charge < -0.3 is 21.1 Å². The summed E-state index contributed by atoms with van der Waals surface area (Å²) in [5.41, 5.74) is 7.37. The maximum Gasteiger partial charge on any atom is 0.0653 e. The number of hydrogen-bond donors (Lipinski definition) is 3. The molecule has 98 valence electrons. The second kappa shape index (κ2) is 4.78. The molecule has 0 aliphatic carbocycles. The van der Waals surface area contributed by atoms with E-state index in [2.05, 4.69) is 4.90 Å². The van der Waals surface area contributed by atoms with Crippen LogP contribution in [-0.2, 0) is 0 Å². The quantitative estimate of drug-likeness (QED) is 0.568. The highest BCUT2D eigenvalue weighted by molar-refractivity contribution is 6.33. The number of hydrogen-bond acceptors (Lipinski definition) is 4. The predicted molar refractivity (Wildman–Crippen MR) is 75.8 cm³/mol. The minimum atomic E-state index is -0.580. The number of aliphatic hydroxyl groups is 1. The van der Waals surface area contributed by atoms with E-state index in [1.807, 2.05) is 13.0 Å². The fourth-order valence-corrected chi connectivity index (χ4v) is 2.48. The van der Waals surface area contributed by atoms with Gasteiger partial charge in [-0.3, -0.25) is 0 Å². The van der Waals surface area contributed by atoms with E-state index in [1.54, 1.807) is 6.07 Å². The first-order chi connectivity index (χ1) is 8.43. The van der Waals surface area contributed by atoms with E-state index in [4.69, 9.17) is 22.7 Å². The number of nitrogens with two attached hydrogens (primary N) is 1. The molecule has 5 heteroatoms. The summed E-state index contributed by atoms with van der Waals surface area (Å²) in [4.78, 5) is 2.13. The summed E-state index contributed by atoms with van der Waals surface area (Å²) in [6, 6.07) is 3.52. The Kier molecular flexibility index (Phi) is 3.50. The minimum absolute atomic E-state index is 0.557. The van der Waals surface area contributed by atoms with Crippen molar-refractivity contribution in [1.29, 1.82) is 5.41 Å². The van der Waals surface area contributed by atoms with Gasteiger partial charge in [0, 0.05) is 30.6 Å². The second-order valence-corrected chi connectivity index (χ2v) is 5.47. The monoisotopic (exact) mass is 267 g/mol. The van der Waals surface area contributed by atoms with E-state index in [1.165, 1.54) is 6.21 Å². The van der Waals surface area contributed by atoms with Crippen molar-refractivity contribution in [3.8, 4) is 0 Å². The van der Waals surface area contributed by atoms with Crippen molar-refractivity contribution in [3.63, 3.8) is 0 Å². The highest BCUT2D eigenvalue weighted by atomic mass is 35.5. The van der Waals surface area contributed by atoms with Crippen LogP contribution in [-0.4, -0.2) is 30.0 Å². The van der Waals surface area contributed by atoms with E-state index >= 15 is 0 Å². The first-order valence-corrected chi connectivity index (χ1v) is 6.37. The topological polar surface area (TPSA) is 73.3 Å². The van der Waals surface area contributed by atoms with Crippen LogP contribution in [0.4, 0.5) is 11.4 Å². The van der Waals surface area contributed by atoms with Gasteiger partial charge in [-0.15, -0.1) is 0 Å². The maximum absolute atomic E-state index is 9.93. The highest BCUT2D eigenvalue weighted by Crippen LogP contribution is 2.33. The average Bonchev–Trinajstić information content (AvgIpc) is 2.32. The SMILES string of the molecule is CC1(O)CCN(c2cc(N)c(C=N)cc2Cl)CC1. The Morgan fingerprint density at radius 1 is 1.44 bits per heavy atom. The number of nitrogen functional groups attached to an aromatic ring is 1. The second-order valence-electron chi connectivity index (χ2n) is 5.06. The molecule has 4 N–H and O–H groups in total. The summed E-state index contributed by atoms with van der Waals surface area (Å²) in [6.45, 7) is 3.38. The number of nitrogens with one attached hydrogen (secondary N) is 1. The van der Waals surface area contributed by atoms with Crippen molar-refractivity contribution in [1.82, 2.24) is 0 Å². The van der Waals surface area contributed by atoms with Gasteiger partial charge in [-0.05, 0) is 31.9 Å². The third-order valence-corrected chi connectivity index (χ3v) is 3.79. The van der Waals surface area contributed by atoms with Crippen LogP contribution in [0.3, 0.4) is 0 Å². The summed E-state index contributed by atoms with van der Waals surface area (Å²) in [6.07, 6.45) is 2.64. The Morgan fingerprint density at radius 3 is 2.61 bits per heavy atom. The molecule has 1 saturated heterocycles. The number of anilines is 2. The Morgan fingerprint density at radius 2 is 2.06 bits per heavy atom. The molecule has 0 saturated carbocycles. The van der Waals surface area contributed by atoms with Gasteiger partial charge in [-0.2, -0.15) is 0 Å². The van der Waals surface area contributed by atoms with E-state index in [-0.39, 0.29) is 0 Å². The van der Waals surface area contributed by atoms with Crippen molar-refractivity contribution >= 4 is 29.2 Å². The normalized spacial score (nSPS) is 18.7. The summed E-state index contributed by atoms with van der Waals surface area (Å²) >= 11 is 6.22. The molecule has 1 aromatic carbocycles. The van der Waals surface area contributed by atoms with Crippen LogP contribution >= 0.6 is 11.6 Å². The molecule has 4 nitrogen and oxygen atoms in total. The molecule has 0 atom stereocenters. The Labute approximate surface area is 112 Å². The number of benzene rings is 1. The van der Waals surface area contributed by atoms with Gasteiger partial charge in [0.1, 0.15) is 0 Å². The van der Waals surface area contributed by atoms with Gasteiger partial charge in [0.25, 0.3) is 0 Å². The molecule has 1 aliphatic heterocycles. The zero-order valence-corrected chi connectivity index (χ0v) is 11.2. The maximum atomic E-state index is 9.93. The van der Waals surface area contributed by atoms with E-state index in [0.717, 1.165) is 31.6 Å². The third-order valence-electron chi connectivity index (χ3n) is 3.49. The van der Waals surface area contributed by atoms with E-state index in [9.17, 15) is 5.11 Å². The number of piperidine rings is 1. The lowest BCUT2D eigenvalue weighted by Gasteiger charge is -2.37. The van der Waals surface area contributed by atoms with Crippen LogP contribution in [0.5, 0.6) is 0 Å². The molecule has 2 rings (SSSR count). The Bertz CT molecular complexity index is 464. The Balaban J connectivity index is 2.24. The zero-order chi connectivity index (χ0) is 13.3. The van der Waals surface area contributed by atoms with Gasteiger partial charge in [-0.1, -0.05) is 11.6 Å². The molecular formula is C13H18ClN3O. The molecule has 0 radical (unpaired) electrons. The van der Waals surface area contributed by atoms with Crippen LogP contribution in [0.15, 0.2) is 12.1 Å².